The smallest absolute Gasteiger partial charge is 0.339 e. The second-order valence-corrected chi connectivity index (χ2v) is 5.93. The molecule has 3 rings (SSSR count). The lowest BCUT2D eigenvalue weighted by Gasteiger charge is -2.09. The molecule has 1 heterocycles. The predicted octanol–water partition coefficient (Wildman–Crippen LogP) is 1.69. The van der Waals surface area contributed by atoms with Gasteiger partial charge in [-0.1, -0.05) is 17.7 Å². The molecule has 0 bridgehead atoms. The van der Waals surface area contributed by atoms with Crippen LogP contribution in [0.2, 0.25) is 0 Å². The topological polar surface area (TPSA) is 145 Å². The van der Waals surface area contributed by atoms with Crippen LogP contribution in [0.1, 0.15) is 21.5 Å². The Kier molecular flexibility index (Phi) is 4.82. The number of hydrogen-bond donors (Lipinski definition) is 4. The summed E-state index contributed by atoms with van der Waals surface area (Å²) >= 11 is 0. The van der Waals surface area contributed by atoms with E-state index in [9.17, 15) is 24.6 Å². The molecular weight excluding hydrogens is 366 g/mol. The Labute approximate surface area is 157 Å². The maximum atomic E-state index is 12.1. The number of phenols is 1. The summed E-state index contributed by atoms with van der Waals surface area (Å²) in [4.78, 5) is 41.4. The van der Waals surface area contributed by atoms with Crippen LogP contribution in [-0.2, 0) is 0 Å². The van der Waals surface area contributed by atoms with Gasteiger partial charge in [0.25, 0.3) is 5.56 Å². The van der Waals surface area contributed by atoms with Gasteiger partial charge in [-0.3, -0.25) is 14.8 Å². The highest BCUT2D eigenvalue weighted by molar-refractivity contribution is 5.92. The van der Waals surface area contributed by atoms with E-state index in [4.69, 9.17) is 5.11 Å². The van der Waals surface area contributed by atoms with Crippen molar-refractivity contribution in [1.82, 2.24) is 9.55 Å². The Bertz CT molecular complexity index is 1210. The van der Waals surface area contributed by atoms with Gasteiger partial charge in [0.2, 0.25) is 5.88 Å². The third kappa shape index (κ3) is 3.54. The number of aryl methyl sites for hydroxylation is 1. The minimum Gasteiger partial charge on any atom is -0.507 e. The zero-order valence-corrected chi connectivity index (χ0v) is 14.6. The number of aromatic hydroxyl groups is 2. The van der Waals surface area contributed by atoms with Crippen LogP contribution >= 0.6 is 0 Å². The number of aromatic amines is 1. The first-order valence-electron chi connectivity index (χ1n) is 8.03. The molecule has 0 fully saturated rings. The molecule has 4 N–H and O–H groups in total. The van der Waals surface area contributed by atoms with Crippen LogP contribution in [0.25, 0.3) is 5.69 Å². The summed E-state index contributed by atoms with van der Waals surface area (Å²) in [6.07, 6.45) is 1.01. The number of carboxylic acid groups (broad SMARTS) is 1. The van der Waals surface area contributed by atoms with Crippen molar-refractivity contribution in [3.05, 3.63) is 80.0 Å². The van der Waals surface area contributed by atoms with E-state index in [-0.39, 0.29) is 16.8 Å². The fourth-order valence-corrected chi connectivity index (χ4v) is 2.50. The standard InChI is InChI=1S/C19H15N3O6/c1-10-2-5-12(6-3-10)22-17(25)14(16(24)21-19(22)28)9-20-11-4-7-15(23)13(8-11)18(26)27/h2-9,23,25H,1H3,(H,26,27)(H,21,24,28). The van der Waals surface area contributed by atoms with Gasteiger partial charge in [-0.15, -0.1) is 0 Å². The second kappa shape index (κ2) is 7.23. The van der Waals surface area contributed by atoms with Gasteiger partial charge in [0.1, 0.15) is 16.9 Å². The Morgan fingerprint density at radius 1 is 1.11 bits per heavy atom. The molecule has 2 aromatic carbocycles. The maximum Gasteiger partial charge on any atom is 0.339 e. The molecule has 0 saturated heterocycles. The van der Waals surface area contributed by atoms with Crippen LogP contribution in [0.15, 0.2) is 57.0 Å². The van der Waals surface area contributed by atoms with E-state index in [0.717, 1.165) is 28.5 Å². The number of aromatic nitrogens is 2. The molecule has 9 nitrogen and oxygen atoms in total. The number of benzene rings is 2. The molecule has 3 aromatic rings. The Morgan fingerprint density at radius 3 is 2.43 bits per heavy atom. The first-order chi connectivity index (χ1) is 13.3. The quantitative estimate of drug-likeness (QED) is 0.506. The average Bonchev–Trinajstić information content (AvgIpc) is 2.63. The van der Waals surface area contributed by atoms with Gasteiger partial charge in [0.15, 0.2) is 0 Å². The van der Waals surface area contributed by atoms with Crippen molar-refractivity contribution in [2.75, 3.05) is 0 Å². The molecule has 0 radical (unpaired) electrons. The number of hydrogen-bond acceptors (Lipinski definition) is 6. The number of carbonyl (C=O) groups is 1. The highest BCUT2D eigenvalue weighted by atomic mass is 16.4. The van der Waals surface area contributed by atoms with Crippen molar-refractivity contribution in [1.29, 1.82) is 0 Å². The summed E-state index contributed by atoms with van der Waals surface area (Å²) in [5.74, 6) is -2.39. The summed E-state index contributed by atoms with van der Waals surface area (Å²) < 4.78 is 0.918. The van der Waals surface area contributed by atoms with Crippen molar-refractivity contribution >= 4 is 17.9 Å². The van der Waals surface area contributed by atoms with Gasteiger partial charge < -0.3 is 15.3 Å². The molecule has 0 amide bonds. The lowest BCUT2D eigenvalue weighted by Crippen LogP contribution is -2.31. The molecule has 0 unspecified atom stereocenters. The van der Waals surface area contributed by atoms with Crippen LogP contribution in [0.4, 0.5) is 5.69 Å². The van der Waals surface area contributed by atoms with Crippen LogP contribution in [0, 0.1) is 6.92 Å². The van der Waals surface area contributed by atoms with E-state index in [2.05, 4.69) is 9.98 Å². The molecule has 28 heavy (non-hydrogen) atoms. The van der Waals surface area contributed by atoms with Crippen LogP contribution in [0.3, 0.4) is 0 Å². The predicted molar refractivity (Wildman–Crippen MR) is 101 cm³/mol. The second-order valence-electron chi connectivity index (χ2n) is 5.93. The number of rotatable bonds is 4. The van der Waals surface area contributed by atoms with Crippen molar-refractivity contribution in [2.45, 2.75) is 6.92 Å². The average molecular weight is 381 g/mol. The number of nitrogens with one attached hydrogen (secondary N) is 1. The van der Waals surface area contributed by atoms with E-state index in [1.165, 1.54) is 6.07 Å². The summed E-state index contributed by atoms with van der Waals surface area (Å²) in [5, 5.41) is 29.0. The van der Waals surface area contributed by atoms with Crippen LogP contribution in [-0.4, -0.2) is 37.1 Å². The lowest BCUT2D eigenvalue weighted by molar-refractivity contribution is 0.0693. The van der Waals surface area contributed by atoms with E-state index >= 15 is 0 Å². The number of H-pyrrole nitrogens is 1. The molecule has 0 aliphatic carbocycles. The number of nitrogens with zero attached hydrogens (tertiary/aromatic N) is 2. The van der Waals surface area contributed by atoms with E-state index in [0.29, 0.717) is 5.69 Å². The van der Waals surface area contributed by atoms with Crippen molar-refractivity contribution in [3.63, 3.8) is 0 Å². The van der Waals surface area contributed by atoms with Crippen molar-refractivity contribution < 1.29 is 20.1 Å². The minimum absolute atomic E-state index is 0.127. The van der Waals surface area contributed by atoms with Gasteiger partial charge in [-0.2, -0.15) is 0 Å². The molecule has 9 heteroatoms. The highest BCUT2D eigenvalue weighted by Gasteiger charge is 2.14. The molecule has 0 aliphatic rings. The van der Waals surface area contributed by atoms with E-state index < -0.39 is 28.8 Å². The van der Waals surface area contributed by atoms with E-state index in [1.807, 2.05) is 6.92 Å². The largest absolute Gasteiger partial charge is 0.507 e. The molecule has 0 atom stereocenters. The first kappa shape index (κ1) is 18.6. The molecule has 0 spiro atoms. The van der Waals surface area contributed by atoms with Gasteiger partial charge in [-0.05, 0) is 37.3 Å². The van der Waals surface area contributed by atoms with E-state index in [1.54, 1.807) is 24.3 Å². The minimum atomic E-state index is -1.34. The maximum absolute atomic E-state index is 12.1. The van der Waals surface area contributed by atoms with Gasteiger partial charge >= 0.3 is 11.7 Å². The monoisotopic (exact) mass is 381 g/mol. The van der Waals surface area contributed by atoms with Crippen molar-refractivity contribution in [2.24, 2.45) is 4.99 Å². The lowest BCUT2D eigenvalue weighted by atomic mass is 10.2. The molecule has 0 aliphatic heterocycles. The molecule has 0 saturated carbocycles. The number of aromatic carboxylic acids is 1. The summed E-state index contributed by atoms with van der Waals surface area (Å²) in [5.41, 5.74) is -0.904. The zero-order chi connectivity index (χ0) is 20.4. The SMILES string of the molecule is Cc1ccc(-n2c(O)c(C=Nc3ccc(O)c(C(=O)O)c3)c(=O)[nH]c2=O)cc1. The van der Waals surface area contributed by atoms with Gasteiger partial charge in [0.05, 0.1) is 11.4 Å². The van der Waals surface area contributed by atoms with Gasteiger partial charge in [-0.25, -0.2) is 14.2 Å². The molecular formula is C19H15N3O6. The number of aliphatic imine (C=N–C) groups is 1. The Balaban J connectivity index is 2.09. The fourth-order valence-electron chi connectivity index (χ4n) is 2.50. The van der Waals surface area contributed by atoms with Crippen molar-refractivity contribution in [3.8, 4) is 17.3 Å². The third-order valence-corrected chi connectivity index (χ3v) is 3.97. The zero-order valence-electron chi connectivity index (χ0n) is 14.6. The molecule has 1 aromatic heterocycles. The molecule has 142 valence electrons. The van der Waals surface area contributed by atoms with Crippen LogP contribution in [0.5, 0.6) is 11.6 Å². The Morgan fingerprint density at radius 2 is 1.79 bits per heavy atom. The highest BCUT2D eigenvalue weighted by Crippen LogP contribution is 2.23. The fraction of sp³-hybridized carbons (Fsp3) is 0.0526. The number of carboxylic acids is 1. The van der Waals surface area contributed by atoms with Gasteiger partial charge in [0, 0.05) is 6.21 Å². The normalized spacial score (nSPS) is 11.0. The van der Waals surface area contributed by atoms with Crippen LogP contribution < -0.4 is 11.2 Å². The summed E-state index contributed by atoms with van der Waals surface area (Å²) in [6, 6.07) is 10.3. The summed E-state index contributed by atoms with van der Waals surface area (Å²) in [7, 11) is 0. The Hall–Kier alpha value is -4.14. The third-order valence-electron chi connectivity index (χ3n) is 3.97. The summed E-state index contributed by atoms with van der Waals surface area (Å²) in [6.45, 7) is 1.86. The first-order valence-corrected chi connectivity index (χ1v) is 8.03.